The monoisotopic (exact) mass is 447 g/mol. The van der Waals surface area contributed by atoms with Gasteiger partial charge in [0.25, 0.3) is 5.91 Å². The largest absolute Gasteiger partial charge is 0.353 e. The van der Waals surface area contributed by atoms with Gasteiger partial charge in [-0.25, -0.2) is 18.4 Å². The second-order valence-electron chi connectivity index (χ2n) is 6.91. The van der Waals surface area contributed by atoms with Gasteiger partial charge in [0.1, 0.15) is 18.0 Å². The maximum Gasteiger partial charge on any atom is 0.341 e. The first-order valence-corrected chi connectivity index (χ1v) is 11.0. The molecule has 2 aromatic heterocycles. The molecule has 11 heteroatoms. The number of carbonyl (C=O) groups is 1. The van der Waals surface area contributed by atoms with Crippen molar-refractivity contribution >= 4 is 21.6 Å². The van der Waals surface area contributed by atoms with Gasteiger partial charge < -0.3 is 14.4 Å². The van der Waals surface area contributed by atoms with E-state index in [1.807, 2.05) is 40.1 Å². The van der Waals surface area contributed by atoms with Crippen LogP contribution in [0.5, 0.6) is 0 Å². The lowest BCUT2D eigenvalue weighted by molar-refractivity contribution is 0.0742. The molecule has 1 saturated heterocycles. The Hall–Kier alpha value is -3.34. The number of hydrogen-bond donors (Lipinski definition) is 0. The van der Waals surface area contributed by atoms with E-state index in [9.17, 15) is 22.0 Å². The van der Waals surface area contributed by atoms with Crippen molar-refractivity contribution < 1.29 is 22.0 Å². The molecule has 3 heterocycles. The Balaban J connectivity index is 1.49. The van der Waals surface area contributed by atoms with E-state index < -0.39 is 26.4 Å². The lowest BCUT2D eigenvalue weighted by Gasteiger charge is -2.35. The zero-order valence-corrected chi connectivity index (χ0v) is 17.1. The maximum absolute atomic E-state index is 13.0. The molecule has 1 fully saturated rings. The summed E-state index contributed by atoms with van der Waals surface area (Å²) in [4.78, 5) is 24.3. The highest BCUT2D eigenvalue weighted by Crippen LogP contribution is 2.24. The third kappa shape index (κ3) is 4.13. The van der Waals surface area contributed by atoms with Crippen LogP contribution in [0, 0.1) is 0 Å². The van der Waals surface area contributed by atoms with Crippen molar-refractivity contribution in [3.63, 3.8) is 0 Å². The fourth-order valence-corrected chi connectivity index (χ4v) is 4.36. The van der Waals surface area contributed by atoms with E-state index in [0.717, 1.165) is 6.07 Å². The van der Waals surface area contributed by atoms with Crippen molar-refractivity contribution in [1.29, 1.82) is 0 Å². The van der Waals surface area contributed by atoms with Crippen molar-refractivity contribution in [2.24, 2.45) is 0 Å². The number of rotatable bonds is 5. The lowest BCUT2D eigenvalue weighted by atomic mass is 10.2. The van der Waals surface area contributed by atoms with Crippen LogP contribution in [0.1, 0.15) is 10.4 Å². The Labute approximate surface area is 177 Å². The first-order chi connectivity index (χ1) is 14.9. The molecule has 1 aromatic carbocycles. The third-order valence-electron chi connectivity index (χ3n) is 5.06. The molecule has 8 nitrogen and oxygen atoms in total. The predicted octanol–water partition coefficient (Wildman–Crippen LogP) is 2.23. The highest BCUT2D eigenvalue weighted by atomic mass is 32.2. The van der Waals surface area contributed by atoms with Crippen molar-refractivity contribution in [3.8, 4) is 5.82 Å². The Kier molecular flexibility index (Phi) is 5.68. The quantitative estimate of drug-likeness (QED) is 0.596. The van der Waals surface area contributed by atoms with E-state index in [4.69, 9.17) is 0 Å². The van der Waals surface area contributed by atoms with Crippen LogP contribution in [0.15, 0.2) is 66.1 Å². The number of hydrogen-bond acceptors (Lipinski definition) is 6. The van der Waals surface area contributed by atoms with Gasteiger partial charge in [-0.2, -0.15) is 8.78 Å². The maximum atomic E-state index is 13.0. The van der Waals surface area contributed by atoms with Crippen LogP contribution in [0.2, 0.25) is 0 Å². The second-order valence-corrected chi connectivity index (χ2v) is 8.79. The van der Waals surface area contributed by atoms with E-state index in [-0.39, 0.29) is 5.56 Å². The Morgan fingerprint density at radius 2 is 1.58 bits per heavy atom. The molecule has 0 atom stereocenters. The summed E-state index contributed by atoms with van der Waals surface area (Å²) in [5.74, 6) is -2.77. The number of anilines is 1. The minimum Gasteiger partial charge on any atom is -0.353 e. The summed E-state index contributed by atoms with van der Waals surface area (Å²) in [6.45, 7) is 1.50. The zero-order valence-electron chi connectivity index (χ0n) is 16.3. The molecule has 0 aliphatic carbocycles. The van der Waals surface area contributed by atoms with Gasteiger partial charge in [-0.3, -0.25) is 4.79 Å². The van der Waals surface area contributed by atoms with E-state index in [2.05, 4.69) is 9.97 Å². The first kappa shape index (κ1) is 20.9. The van der Waals surface area contributed by atoms with Gasteiger partial charge in [0.15, 0.2) is 0 Å². The first-order valence-electron chi connectivity index (χ1n) is 9.48. The molecule has 1 amide bonds. The van der Waals surface area contributed by atoms with Crippen molar-refractivity contribution in [3.05, 3.63) is 66.7 Å². The van der Waals surface area contributed by atoms with Gasteiger partial charge in [0.2, 0.25) is 9.84 Å². The highest BCUT2D eigenvalue weighted by molar-refractivity contribution is 7.91. The molecule has 0 unspecified atom stereocenters. The number of aromatic nitrogens is 3. The molecule has 4 rings (SSSR count). The molecular formula is C20H19F2N5O3S. The van der Waals surface area contributed by atoms with Gasteiger partial charge >= 0.3 is 5.76 Å². The van der Waals surface area contributed by atoms with Crippen LogP contribution < -0.4 is 4.90 Å². The standard InChI is InChI=1S/C20H19F2N5O3S/c21-20(22)31(29,30)16-6-2-1-5-15(16)19(28)27-11-9-26(10-12-27)18-13-17(23-14-24-18)25-7-3-4-8-25/h1-8,13-14,20H,9-12H2. The summed E-state index contributed by atoms with van der Waals surface area (Å²) in [5.41, 5.74) is -0.242. The molecule has 3 aromatic rings. The third-order valence-corrected chi connectivity index (χ3v) is 6.49. The summed E-state index contributed by atoms with van der Waals surface area (Å²) in [7, 11) is -4.88. The molecule has 0 radical (unpaired) electrons. The number of amides is 1. The molecule has 1 aliphatic heterocycles. The zero-order chi connectivity index (χ0) is 22.0. The van der Waals surface area contributed by atoms with Gasteiger partial charge in [-0.15, -0.1) is 0 Å². The van der Waals surface area contributed by atoms with Crippen LogP contribution in [-0.4, -0.2) is 65.7 Å². The Morgan fingerprint density at radius 1 is 0.935 bits per heavy atom. The summed E-state index contributed by atoms with van der Waals surface area (Å²) >= 11 is 0. The Bertz CT molecular complexity index is 1180. The van der Waals surface area contributed by atoms with Gasteiger partial charge in [-0.1, -0.05) is 12.1 Å². The van der Waals surface area contributed by atoms with Crippen molar-refractivity contribution in [1.82, 2.24) is 19.4 Å². The minimum atomic E-state index is -4.88. The predicted molar refractivity (Wildman–Crippen MR) is 109 cm³/mol. The number of alkyl halides is 2. The molecule has 0 bridgehead atoms. The number of nitrogens with zero attached hydrogens (tertiary/aromatic N) is 5. The molecule has 0 spiro atoms. The van der Waals surface area contributed by atoms with E-state index in [1.54, 1.807) is 0 Å². The Morgan fingerprint density at radius 3 is 2.26 bits per heavy atom. The van der Waals surface area contributed by atoms with Crippen LogP contribution in [0.25, 0.3) is 5.82 Å². The average molecular weight is 447 g/mol. The lowest BCUT2D eigenvalue weighted by Crippen LogP contribution is -2.49. The summed E-state index contributed by atoms with van der Waals surface area (Å²) < 4.78 is 51.8. The summed E-state index contributed by atoms with van der Waals surface area (Å²) in [5, 5.41) is 0. The van der Waals surface area contributed by atoms with Gasteiger partial charge in [0.05, 0.1) is 10.5 Å². The smallest absolute Gasteiger partial charge is 0.341 e. The fraction of sp³-hybridized carbons (Fsp3) is 0.250. The highest BCUT2D eigenvalue weighted by Gasteiger charge is 2.33. The summed E-state index contributed by atoms with van der Waals surface area (Å²) in [6, 6.07) is 10.7. The van der Waals surface area contributed by atoms with Crippen LogP contribution >= 0.6 is 0 Å². The van der Waals surface area contributed by atoms with E-state index >= 15 is 0 Å². The molecule has 0 saturated carbocycles. The van der Waals surface area contributed by atoms with Crippen molar-refractivity contribution in [2.45, 2.75) is 10.7 Å². The number of piperazine rings is 1. The second kappa shape index (κ2) is 8.42. The summed E-state index contributed by atoms with van der Waals surface area (Å²) in [6.07, 6.45) is 5.20. The van der Waals surface area contributed by atoms with E-state index in [0.29, 0.717) is 37.8 Å². The molecule has 31 heavy (non-hydrogen) atoms. The molecular weight excluding hydrogens is 428 g/mol. The number of halogens is 2. The normalized spacial score (nSPS) is 14.8. The van der Waals surface area contributed by atoms with Gasteiger partial charge in [0, 0.05) is 44.6 Å². The van der Waals surface area contributed by atoms with E-state index in [1.165, 1.54) is 29.4 Å². The van der Waals surface area contributed by atoms with Crippen LogP contribution in [-0.2, 0) is 9.84 Å². The fourth-order valence-electron chi connectivity index (χ4n) is 3.43. The average Bonchev–Trinajstić information content (AvgIpc) is 3.34. The molecule has 0 N–H and O–H groups in total. The minimum absolute atomic E-state index is 0.242. The number of benzene rings is 1. The molecule has 162 valence electrons. The topological polar surface area (TPSA) is 88.4 Å². The van der Waals surface area contributed by atoms with Crippen LogP contribution in [0.3, 0.4) is 0 Å². The number of carbonyl (C=O) groups excluding carboxylic acids is 1. The van der Waals surface area contributed by atoms with Crippen LogP contribution in [0.4, 0.5) is 14.6 Å². The number of sulfone groups is 1. The van der Waals surface area contributed by atoms with Gasteiger partial charge in [-0.05, 0) is 24.3 Å². The SMILES string of the molecule is O=C(c1ccccc1S(=O)(=O)C(F)F)N1CCN(c2cc(-n3cccc3)ncn2)CC1. The molecule has 1 aliphatic rings. The van der Waals surface area contributed by atoms with Crippen molar-refractivity contribution in [2.75, 3.05) is 31.1 Å².